The number of rotatable bonds is 0. The zero-order valence-corrected chi connectivity index (χ0v) is 8.62. The van der Waals surface area contributed by atoms with Gasteiger partial charge in [0.25, 0.3) is 0 Å². The molecule has 1 aliphatic rings. The molecule has 0 fully saturated rings. The van der Waals surface area contributed by atoms with Crippen LogP contribution in [0.2, 0.25) is 0 Å². The van der Waals surface area contributed by atoms with Gasteiger partial charge in [-0.15, -0.1) is 0 Å². The normalized spacial score (nSPS) is 24.9. The molecule has 1 aromatic rings. The Balaban J connectivity index is 2.58. The van der Waals surface area contributed by atoms with E-state index in [1.54, 1.807) is 0 Å². The molecule has 74 valence electrons. The van der Waals surface area contributed by atoms with Crippen LogP contribution in [0.3, 0.4) is 0 Å². The largest absolute Gasteiger partial charge is 0.323 e. The Kier molecular flexibility index (Phi) is 2.17. The highest BCUT2D eigenvalue weighted by atomic mass is 14.8. The summed E-state index contributed by atoms with van der Waals surface area (Å²) in [7, 11) is 0. The van der Waals surface area contributed by atoms with Gasteiger partial charge in [0.15, 0.2) is 0 Å². The van der Waals surface area contributed by atoms with Crippen LogP contribution < -0.4 is 11.5 Å². The molecule has 0 radical (unpaired) electrons. The van der Waals surface area contributed by atoms with Crippen LogP contribution in [-0.2, 0) is 0 Å². The Hall–Kier alpha value is -1.12. The molecule has 0 saturated heterocycles. The van der Waals surface area contributed by atoms with Crippen LogP contribution in [0.1, 0.15) is 28.3 Å². The van der Waals surface area contributed by atoms with Gasteiger partial charge in [-0.05, 0) is 36.1 Å². The zero-order valence-electron chi connectivity index (χ0n) is 8.62. The molecule has 2 atom stereocenters. The number of aryl methyl sites for hydroxylation is 2. The molecule has 2 rings (SSSR count). The van der Waals surface area contributed by atoms with Crippen LogP contribution in [0, 0.1) is 13.8 Å². The van der Waals surface area contributed by atoms with Crippen LogP contribution in [0.4, 0.5) is 0 Å². The van der Waals surface area contributed by atoms with E-state index in [1.165, 1.54) is 22.3 Å². The second kappa shape index (κ2) is 3.23. The van der Waals surface area contributed by atoms with Crippen molar-refractivity contribution in [2.24, 2.45) is 11.5 Å². The van der Waals surface area contributed by atoms with E-state index in [1.807, 2.05) is 6.08 Å². The molecule has 4 N–H and O–H groups in total. The first kappa shape index (κ1) is 9.44. The number of nitrogens with two attached hydrogens (primary N) is 2. The monoisotopic (exact) mass is 188 g/mol. The fourth-order valence-electron chi connectivity index (χ4n) is 1.84. The number of benzene rings is 1. The summed E-state index contributed by atoms with van der Waals surface area (Å²) in [6.07, 6.45) is 4.04. The average molecular weight is 188 g/mol. The van der Waals surface area contributed by atoms with Gasteiger partial charge in [0.05, 0.1) is 0 Å². The standard InChI is InChI=1S/C12H16N2/c1-7-5-9-3-4-11(13)12(14)10(9)6-8(7)2/h3-6,11-12H,13-14H2,1-2H3/t11-,12-/m0/s1. The van der Waals surface area contributed by atoms with Crippen molar-refractivity contribution in [1.82, 2.24) is 0 Å². The van der Waals surface area contributed by atoms with Gasteiger partial charge < -0.3 is 11.5 Å². The van der Waals surface area contributed by atoms with E-state index in [0.29, 0.717) is 0 Å². The molecule has 0 unspecified atom stereocenters. The molecule has 0 saturated carbocycles. The first-order valence-corrected chi connectivity index (χ1v) is 4.90. The molecule has 0 amide bonds. The average Bonchev–Trinajstić information content (AvgIpc) is 2.15. The summed E-state index contributed by atoms with van der Waals surface area (Å²) in [4.78, 5) is 0. The smallest absolute Gasteiger partial charge is 0.0491 e. The summed E-state index contributed by atoms with van der Waals surface area (Å²) in [5.74, 6) is 0. The quantitative estimate of drug-likeness (QED) is 0.650. The molecule has 1 aliphatic carbocycles. The van der Waals surface area contributed by atoms with E-state index in [0.717, 1.165) is 0 Å². The topological polar surface area (TPSA) is 52.0 Å². The van der Waals surface area contributed by atoms with Gasteiger partial charge >= 0.3 is 0 Å². The van der Waals surface area contributed by atoms with Crippen molar-refractivity contribution < 1.29 is 0 Å². The molecular weight excluding hydrogens is 172 g/mol. The third-order valence-electron chi connectivity index (χ3n) is 2.97. The summed E-state index contributed by atoms with van der Waals surface area (Å²) in [6.45, 7) is 4.22. The lowest BCUT2D eigenvalue weighted by Crippen LogP contribution is -2.34. The van der Waals surface area contributed by atoms with Crippen LogP contribution >= 0.6 is 0 Å². The predicted molar refractivity (Wildman–Crippen MR) is 59.9 cm³/mol. The third kappa shape index (κ3) is 1.37. The fourth-order valence-corrected chi connectivity index (χ4v) is 1.84. The van der Waals surface area contributed by atoms with Crippen molar-refractivity contribution in [2.45, 2.75) is 25.9 Å². The third-order valence-corrected chi connectivity index (χ3v) is 2.97. The van der Waals surface area contributed by atoms with Gasteiger partial charge in [0, 0.05) is 12.1 Å². The van der Waals surface area contributed by atoms with Gasteiger partial charge in [-0.25, -0.2) is 0 Å². The Labute approximate surface area is 84.6 Å². The van der Waals surface area contributed by atoms with Gasteiger partial charge in [-0.3, -0.25) is 0 Å². The van der Waals surface area contributed by atoms with Crippen molar-refractivity contribution >= 4 is 6.08 Å². The number of hydrogen-bond donors (Lipinski definition) is 2. The Bertz CT molecular complexity index is 394. The molecule has 0 bridgehead atoms. The molecule has 0 heterocycles. The molecule has 14 heavy (non-hydrogen) atoms. The second-order valence-electron chi connectivity index (χ2n) is 4.03. The molecule has 2 heteroatoms. The zero-order chi connectivity index (χ0) is 10.3. The lowest BCUT2D eigenvalue weighted by molar-refractivity contribution is 0.629. The highest BCUT2D eigenvalue weighted by Crippen LogP contribution is 2.27. The number of hydrogen-bond acceptors (Lipinski definition) is 2. The maximum absolute atomic E-state index is 6.03. The summed E-state index contributed by atoms with van der Waals surface area (Å²) < 4.78 is 0. The SMILES string of the molecule is Cc1cc2c(cc1C)[C@H](N)[C@@H](N)C=C2. The first-order chi connectivity index (χ1) is 6.59. The Morgan fingerprint density at radius 1 is 1.07 bits per heavy atom. The minimum absolute atomic E-state index is 0.0513. The summed E-state index contributed by atoms with van der Waals surface area (Å²) in [5.41, 5.74) is 16.9. The second-order valence-corrected chi connectivity index (χ2v) is 4.03. The minimum Gasteiger partial charge on any atom is -0.323 e. The van der Waals surface area contributed by atoms with Crippen molar-refractivity contribution in [3.8, 4) is 0 Å². The molecule has 2 nitrogen and oxygen atoms in total. The highest BCUT2D eigenvalue weighted by Gasteiger charge is 2.19. The lowest BCUT2D eigenvalue weighted by Gasteiger charge is -2.24. The van der Waals surface area contributed by atoms with Crippen LogP contribution in [0.5, 0.6) is 0 Å². The summed E-state index contributed by atoms with van der Waals surface area (Å²) in [6, 6.07) is 4.21. The van der Waals surface area contributed by atoms with Crippen molar-refractivity contribution in [2.75, 3.05) is 0 Å². The van der Waals surface area contributed by atoms with Gasteiger partial charge in [-0.2, -0.15) is 0 Å². The molecule has 0 aromatic heterocycles. The van der Waals surface area contributed by atoms with Gasteiger partial charge in [0.2, 0.25) is 0 Å². The van der Waals surface area contributed by atoms with Crippen molar-refractivity contribution in [1.29, 1.82) is 0 Å². The summed E-state index contributed by atoms with van der Waals surface area (Å²) >= 11 is 0. The van der Waals surface area contributed by atoms with E-state index in [9.17, 15) is 0 Å². The Morgan fingerprint density at radius 3 is 2.43 bits per heavy atom. The first-order valence-electron chi connectivity index (χ1n) is 4.90. The van der Waals surface area contributed by atoms with Crippen LogP contribution in [0.25, 0.3) is 6.08 Å². The van der Waals surface area contributed by atoms with E-state index in [-0.39, 0.29) is 12.1 Å². The van der Waals surface area contributed by atoms with Gasteiger partial charge in [0.1, 0.15) is 0 Å². The maximum atomic E-state index is 6.03. The van der Waals surface area contributed by atoms with Crippen LogP contribution in [0.15, 0.2) is 18.2 Å². The van der Waals surface area contributed by atoms with Gasteiger partial charge in [-0.1, -0.05) is 24.3 Å². The Morgan fingerprint density at radius 2 is 1.71 bits per heavy atom. The summed E-state index contributed by atoms with van der Waals surface area (Å²) in [5, 5.41) is 0. The van der Waals surface area contributed by atoms with E-state index in [4.69, 9.17) is 11.5 Å². The number of fused-ring (bicyclic) bond motifs is 1. The highest BCUT2D eigenvalue weighted by molar-refractivity contribution is 5.61. The van der Waals surface area contributed by atoms with Crippen LogP contribution in [-0.4, -0.2) is 6.04 Å². The molecule has 1 aromatic carbocycles. The molecular formula is C12H16N2. The minimum atomic E-state index is -0.0608. The fraction of sp³-hybridized carbons (Fsp3) is 0.333. The lowest BCUT2D eigenvalue weighted by atomic mass is 9.87. The maximum Gasteiger partial charge on any atom is 0.0491 e. The predicted octanol–water partition coefficient (Wildman–Crippen LogP) is 1.66. The van der Waals surface area contributed by atoms with Crippen molar-refractivity contribution in [3.63, 3.8) is 0 Å². The molecule has 0 spiro atoms. The van der Waals surface area contributed by atoms with E-state index >= 15 is 0 Å². The van der Waals surface area contributed by atoms with E-state index < -0.39 is 0 Å². The van der Waals surface area contributed by atoms with Crippen molar-refractivity contribution in [3.05, 3.63) is 40.5 Å². The molecule has 0 aliphatic heterocycles. The van der Waals surface area contributed by atoms with E-state index in [2.05, 4.69) is 32.1 Å².